The summed E-state index contributed by atoms with van der Waals surface area (Å²) in [5.74, 6) is -1.06. The fraction of sp³-hybridized carbons (Fsp3) is 0.188. The number of nitrogens with one attached hydrogen (secondary N) is 1. The number of pyridine rings is 1. The molecule has 1 aromatic carbocycles. The second-order valence-electron chi connectivity index (χ2n) is 4.62. The Morgan fingerprint density at radius 3 is 2.64 bits per heavy atom. The molecule has 0 spiro atoms. The van der Waals surface area contributed by atoms with E-state index in [1.807, 2.05) is 37.3 Å². The molecule has 0 aliphatic rings. The highest BCUT2D eigenvalue weighted by Crippen LogP contribution is 2.13. The number of carbonyl (C=O) groups excluding carboxylic acids is 2. The van der Waals surface area contributed by atoms with E-state index in [-0.39, 0.29) is 29.3 Å². The molecule has 1 atom stereocenters. The van der Waals surface area contributed by atoms with Gasteiger partial charge in [0.1, 0.15) is 5.15 Å². The minimum Gasteiger partial charge on any atom is -0.452 e. The maximum absolute atomic E-state index is 11.8. The number of halogens is 1. The highest BCUT2D eigenvalue weighted by atomic mass is 35.5. The number of ether oxygens (including phenoxy) is 1. The Bertz CT molecular complexity index is 661. The van der Waals surface area contributed by atoms with E-state index >= 15 is 0 Å². The first kappa shape index (κ1) is 16.0. The third kappa shape index (κ3) is 4.30. The van der Waals surface area contributed by atoms with E-state index in [1.54, 1.807) is 6.07 Å². The second-order valence-corrected chi connectivity index (χ2v) is 4.98. The number of hydrogen-bond donors (Lipinski definition) is 1. The van der Waals surface area contributed by atoms with Crippen molar-refractivity contribution in [2.45, 2.75) is 13.0 Å². The third-order valence-electron chi connectivity index (χ3n) is 2.99. The van der Waals surface area contributed by atoms with Gasteiger partial charge in [0.05, 0.1) is 11.6 Å². The van der Waals surface area contributed by atoms with E-state index in [0.29, 0.717) is 0 Å². The SMILES string of the molecule is C[C@@H](NC(=O)COC(=O)c1cccnc1Cl)c1ccccc1. The van der Waals surface area contributed by atoms with Crippen molar-refractivity contribution < 1.29 is 14.3 Å². The van der Waals surface area contributed by atoms with Gasteiger partial charge in [0.15, 0.2) is 6.61 Å². The van der Waals surface area contributed by atoms with Crippen LogP contribution in [0, 0.1) is 0 Å². The topological polar surface area (TPSA) is 68.3 Å². The number of rotatable bonds is 5. The predicted molar refractivity (Wildman–Crippen MR) is 82.5 cm³/mol. The van der Waals surface area contributed by atoms with Crippen LogP contribution in [0.2, 0.25) is 5.15 Å². The summed E-state index contributed by atoms with van der Waals surface area (Å²) in [5, 5.41) is 2.80. The van der Waals surface area contributed by atoms with Crippen molar-refractivity contribution in [3.8, 4) is 0 Å². The zero-order chi connectivity index (χ0) is 15.9. The molecule has 0 unspecified atom stereocenters. The maximum Gasteiger partial charge on any atom is 0.341 e. The van der Waals surface area contributed by atoms with Crippen molar-refractivity contribution in [1.82, 2.24) is 10.3 Å². The van der Waals surface area contributed by atoms with Gasteiger partial charge in [-0.1, -0.05) is 41.9 Å². The summed E-state index contributed by atoms with van der Waals surface area (Å²) in [4.78, 5) is 27.4. The summed E-state index contributed by atoms with van der Waals surface area (Å²) in [6.45, 7) is 1.48. The molecule has 2 aromatic rings. The fourth-order valence-electron chi connectivity index (χ4n) is 1.86. The summed E-state index contributed by atoms with van der Waals surface area (Å²) >= 11 is 5.79. The average Bonchev–Trinajstić information content (AvgIpc) is 2.54. The summed E-state index contributed by atoms with van der Waals surface area (Å²) in [5.41, 5.74) is 1.10. The number of nitrogens with zero attached hydrogens (tertiary/aromatic N) is 1. The molecule has 6 heteroatoms. The smallest absolute Gasteiger partial charge is 0.341 e. The molecule has 0 saturated carbocycles. The van der Waals surface area contributed by atoms with Crippen molar-refractivity contribution in [2.24, 2.45) is 0 Å². The van der Waals surface area contributed by atoms with E-state index in [2.05, 4.69) is 10.3 Å². The minimum atomic E-state index is -0.680. The quantitative estimate of drug-likeness (QED) is 0.680. The van der Waals surface area contributed by atoms with Gasteiger partial charge in [-0.2, -0.15) is 0 Å². The second kappa shape index (κ2) is 7.56. The van der Waals surface area contributed by atoms with Crippen LogP contribution >= 0.6 is 11.6 Å². The largest absolute Gasteiger partial charge is 0.452 e. The molecule has 22 heavy (non-hydrogen) atoms. The number of aromatic nitrogens is 1. The van der Waals surface area contributed by atoms with Gasteiger partial charge in [-0.3, -0.25) is 4.79 Å². The molecule has 1 heterocycles. The third-order valence-corrected chi connectivity index (χ3v) is 3.29. The molecular formula is C16H15ClN2O3. The number of amides is 1. The Balaban J connectivity index is 1.85. The summed E-state index contributed by atoms with van der Waals surface area (Å²) in [6, 6.07) is 12.4. The van der Waals surface area contributed by atoms with Crippen LogP contribution in [0.15, 0.2) is 48.7 Å². The average molecular weight is 319 g/mol. The molecule has 0 saturated heterocycles. The van der Waals surface area contributed by atoms with Gasteiger partial charge >= 0.3 is 5.97 Å². The predicted octanol–water partition coefficient (Wildman–Crippen LogP) is 2.77. The number of hydrogen-bond acceptors (Lipinski definition) is 4. The molecule has 0 aliphatic carbocycles. The summed E-state index contributed by atoms with van der Waals surface area (Å²) < 4.78 is 4.93. The van der Waals surface area contributed by atoms with E-state index in [0.717, 1.165) is 5.56 Å². The van der Waals surface area contributed by atoms with E-state index < -0.39 is 5.97 Å². The Morgan fingerprint density at radius 1 is 1.23 bits per heavy atom. The molecule has 2 rings (SSSR count). The van der Waals surface area contributed by atoms with Crippen molar-refractivity contribution in [2.75, 3.05) is 6.61 Å². The first-order valence-corrected chi connectivity index (χ1v) is 7.07. The number of carbonyl (C=O) groups is 2. The van der Waals surface area contributed by atoms with E-state index in [4.69, 9.17) is 16.3 Å². The molecule has 0 bridgehead atoms. The standard InChI is InChI=1S/C16H15ClN2O3/c1-11(12-6-3-2-4-7-12)19-14(20)10-22-16(21)13-8-5-9-18-15(13)17/h2-9,11H,10H2,1H3,(H,19,20)/t11-/m1/s1. The van der Waals surface area contributed by atoms with Gasteiger partial charge in [0, 0.05) is 6.20 Å². The van der Waals surface area contributed by atoms with Crippen molar-refractivity contribution in [1.29, 1.82) is 0 Å². The Hall–Kier alpha value is -2.40. The van der Waals surface area contributed by atoms with Crippen molar-refractivity contribution in [3.05, 3.63) is 64.9 Å². The van der Waals surface area contributed by atoms with Gasteiger partial charge in [-0.25, -0.2) is 9.78 Å². The first-order chi connectivity index (χ1) is 10.6. The van der Waals surface area contributed by atoms with Crippen LogP contribution in [0.25, 0.3) is 0 Å². The van der Waals surface area contributed by atoms with E-state index in [9.17, 15) is 9.59 Å². The highest BCUT2D eigenvalue weighted by molar-refractivity contribution is 6.32. The van der Waals surface area contributed by atoms with Gasteiger partial charge < -0.3 is 10.1 Å². The van der Waals surface area contributed by atoms with Crippen LogP contribution in [-0.4, -0.2) is 23.5 Å². The molecule has 1 aromatic heterocycles. The lowest BCUT2D eigenvalue weighted by molar-refractivity contribution is -0.124. The molecule has 0 radical (unpaired) electrons. The molecule has 114 valence electrons. The minimum absolute atomic E-state index is 0.0468. The lowest BCUT2D eigenvalue weighted by Gasteiger charge is -2.14. The molecule has 0 aliphatic heterocycles. The molecule has 0 fully saturated rings. The lowest BCUT2D eigenvalue weighted by Crippen LogP contribution is -2.31. The number of esters is 1. The Labute approximate surface area is 133 Å². The van der Waals surface area contributed by atoms with Gasteiger partial charge in [0.25, 0.3) is 5.91 Å². The fourth-order valence-corrected chi connectivity index (χ4v) is 2.05. The molecule has 1 amide bonds. The number of benzene rings is 1. The normalized spacial score (nSPS) is 11.5. The van der Waals surface area contributed by atoms with Crippen LogP contribution in [0.4, 0.5) is 0 Å². The van der Waals surface area contributed by atoms with Crippen LogP contribution in [-0.2, 0) is 9.53 Å². The van der Waals surface area contributed by atoms with Gasteiger partial charge in [-0.15, -0.1) is 0 Å². The monoisotopic (exact) mass is 318 g/mol. The highest BCUT2D eigenvalue weighted by Gasteiger charge is 2.15. The van der Waals surface area contributed by atoms with E-state index in [1.165, 1.54) is 12.3 Å². The first-order valence-electron chi connectivity index (χ1n) is 6.70. The molecular weight excluding hydrogens is 304 g/mol. The van der Waals surface area contributed by atoms with Crippen LogP contribution < -0.4 is 5.32 Å². The summed E-state index contributed by atoms with van der Waals surface area (Å²) in [7, 11) is 0. The Morgan fingerprint density at radius 2 is 1.95 bits per heavy atom. The zero-order valence-corrected chi connectivity index (χ0v) is 12.7. The summed E-state index contributed by atoms with van der Waals surface area (Å²) in [6.07, 6.45) is 1.47. The lowest BCUT2D eigenvalue weighted by atomic mass is 10.1. The maximum atomic E-state index is 11.8. The van der Waals surface area contributed by atoms with Crippen molar-refractivity contribution in [3.63, 3.8) is 0 Å². The van der Waals surface area contributed by atoms with Crippen molar-refractivity contribution >= 4 is 23.5 Å². The molecule has 5 nitrogen and oxygen atoms in total. The van der Waals surface area contributed by atoms with Crippen LogP contribution in [0.3, 0.4) is 0 Å². The van der Waals surface area contributed by atoms with Crippen LogP contribution in [0.5, 0.6) is 0 Å². The van der Waals surface area contributed by atoms with Gasteiger partial charge in [0.2, 0.25) is 0 Å². The van der Waals surface area contributed by atoms with Gasteiger partial charge in [-0.05, 0) is 24.6 Å². The zero-order valence-electron chi connectivity index (χ0n) is 12.0. The Kier molecular flexibility index (Phi) is 5.49. The molecule has 1 N–H and O–H groups in total. The van der Waals surface area contributed by atoms with Crippen LogP contribution in [0.1, 0.15) is 28.9 Å².